The summed E-state index contributed by atoms with van der Waals surface area (Å²) in [5.41, 5.74) is 7.49. The zero-order valence-electron chi connectivity index (χ0n) is 19.6. The lowest BCUT2D eigenvalue weighted by molar-refractivity contribution is 0.574. The zero-order chi connectivity index (χ0) is 21.0. The van der Waals surface area contributed by atoms with Crippen molar-refractivity contribution < 1.29 is 0 Å². The van der Waals surface area contributed by atoms with E-state index >= 15 is 0 Å². The Bertz CT molecular complexity index is 732. The van der Waals surface area contributed by atoms with Gasteiger partial charge in [0.15, 0.2) is 0 Å². The van der Waals surface area contributed by atoms with Crippen molar-refractivity contribution in [2.45, 2.75) is 97.3 Å². The molecule has 0 unspecified atom stereocenters. The van der Waals surface area contributed by atoms with Gasteiger partial charge in [-0.3, -0.25) is 0 Å². The molecule has 164 valence electrons. The fraction of sp³-hybridized carbons (Fsp3) is 0.586. The van der Waals surface area contributed by atoms with Gasteiger partial charge in [-0.15, -0.1) is 0 Å². The smallest absolute Gasteiger partial charge is 0.0408 e. The normalized spacial score (nSPS) is 12.1. The number of anilines is 1. The highest BCUT2D eigenvalue weighted by molar-refractivity contribution is 5.82. The van der Waals surface area contributed by atoms with Crippen LogP contribution in [0.3, 0.4) is 0 Å². The molecule has 0 N–H and O–H groups in total. The number of rotatable bonds is 15. The van der Waals surface area contributed by atoms with Crippen molar-refractivity contribution in [1.29, 1.82) is 0 Å². The SMILES string of the molecule is CCCCCCCCN(CCCCCCCC)c1cccc2c1Cc1ccccc1-2. The van der Waals surface area contributed by atoms with E-state index < -0.39 is 0 Å². The van der Waals surface area contributed by atoms with Crippen LogP contribution in [0, 0.1) is 0 Å². The van der Waals surface area contributed by atoms with Crippen LogP contribution in [0.25, 0.3) is 11.1 Å². The van der Waals surface area contributed by atoms with E-state index in [1.54, 1.807) is 5.56 Å². The standard InChI is InChI=1S/C29H43N/c1-3-5-7-9-11-15-22-30(23-16-12-10-8-6-4-2)29-21-17-20-27-26-19-14-13-18-25(26)24-28(27)29/h13-14,17-21H,3-12,15-16,22-24H2,1-2H3. The first-order valence-corrected chi connectivity index (χ1v) is 12.8. The highest BCUT2D eigenvalue weighted by atomic mass is 15.1. The van der Waals surface area contributed by atoms with Crippen molar-refractivity contribution in [3.05, 3.63) is 53.6 Å². The summed E-state index contributed by atoms with van der Waals surface area (Å²) in [6.07, 6.45) is 17.6. The number of hydrogen-bond donors (Lipinski definition) is 0. The maximum Gasteiger partial charge on any atom is 0.0408 e. The summed E-state index contributed by atoms with van der Waals surface area (Å²) < 4.78 is 0. The molecule has 2 aromatic carbocycles. The van der Waals surface area contributed by atoms with Gasteiger partial charge in [-0.05, 0) is 41.2 Å². The van der Waals surface area contributed by atoms with Crippen LogP contribution in [0.5, 0.6) is 0 Å². The minimum atomic E-state index is 1.10. The van der Waals surface area contributed by atoms with Crippen LogP contribution >= 0.6 is 0 Å². The quantitative estimate of drug-likeness (QED) is 0.228. The maximum absolute atomic E-state index is 2.73. The summed E-state index contributed by atoms with van der Waals surface area (Å²) in [5, 5.41) is 0. The number of nitrogens with zero attached hydrogens (tertiary/aromatic N) is 1. The number of fused-ring (bicyclic) bond motifs is 3. The molecule has 0 saturated carbocycles. The molecule has 1 nitrogen and oxygen atoms in total. The summed E-state index contributed by atoms with van der Waals surface area (Å²) in [6, 6.07) is 16.0. The van der Waals surface area contributed by atoms with Gasteiger partial charge < -0.3 is 4.90 Å². The molecule has 0 fully saturated rings. The Kier molecular flexibility index (Phi) is 9.80. The molecule has 0 saturated heterocycles. The Labute approximate surface area is 185 Å². The molecule has 0 radical (unpaired) electrons. The van der Waals surface area contributed by atoms with Crippen LogP contribution in [0.2, 0.25) is 0 Å². The summed E-state index contributed by atoms with van der Waals surface area (Å²) in [5.74, 6) is 0. The molecule has 0 atom stereocenters. The lowest BCUT2D eigenvalue weighted by Crippen LogP contribution is -2.26. The Balaban J connectivity index is 1.64. The molecule has 2 aromatic rings. The molecule has 0 amide bonds. The monoisotopic (exact) mass is 405 g/mol. The van der Waals surface area contributed by atoms with Gasteiger partial charge in [0.2, 0.25) is 0 Å². The summed E-state index contributed by atoms with van der Waals surface area (Å²) >= 11 is 0. The van der Waals surface area contributed by atoms with Crippen LogP contribution < -0.4 is 4.90 Å². The minimum absolute atomic E-state index is 1.10. The Morgan fingerprint density at radius 3 is 1.83 bits per heavy atom. The van der Waals surface area contributed by atoms with E-state index in [9.17, 15) is 0 Å². The third-order valence-electron chi connectivity index (χ3n) is 6.73. The average Bonchev–Trinajstić information content (AvgIpc) is 3.16. The van der Waals surface area contributed by atoms with Gasteiger partial charge in [-0.1, -0.05) is 114 Å². The number of unbranched alkanes of at least 4 members (excludes halogenated alkanes) is 10. The second-order valence-corrected chi connectivity index (χ2v) is 9.16. The molecule has 1 heteroatoms. The predicted molar refractivity (Wildman–Crippen MR) is 134 cm³/mol. The van der Waals surface area contributed by atoms with E-state index in [1.165, 1.54) is 113 Å². The van der Waals surface area contributed by atoms with Gasteiger partial charge in [-0.2, -0.15) is 0 Å². The fourth-order valence-corrected chi connectivity index (χ4v) is 4.96. The molecule has 1 aliphatic carbocycles. The molecule has 0 aromatic heterocycles. The minimum Gasteiger partial charge on any atom is -0.371 e. The van der Waals surface area contributed by atoms with E-state index in [-0.39, 0.29) is 0 Å². The first kappa shape index (κ1) is 22.9. The molecule has 0 bridgehead atoms. The fourth-order valence-electron chi connectivity index (χ4n) is 4.96. The molecule has 3 rings (SSSR count). The highest BCUT2D eigenvalue weighted by Gasteiger charge is 2.22. The summed E-state index contributed by atoms with van der Waals surface area (Å²) in [4.78, 5) is 2.73. The van der Waals surface area contributed by atoms with E-state index in [1.807, 2.05) is 0 Å². The Morgan fingerprint density at radius 1 is 0.600 bits per heavy atom. The van der Waals surface area contributed by atoms with Crippen molar-refractivity contribution in [3.8, 4) is 11.1 Å². The van der Waals surface area contributed by atoms with Crippen molar-refractivity contribution in [3.63, 3.8) is 0 Å². The second kappa shape index (κ2) is 12.8. The first-order valence-electron chi connectivity index (χ1n) is 12.8. The van der Waals surface area contributed by atoms with E-state index in [0.717, 1.165) is 6.42 Å². The van der Waals surface area contributed by atoms with Crippen LogP contribution in [0.15, 0.2) is 42.5 Å². The largest absolute Gasteiger partial charge is 0.371 e. The van der Waals surface area contributed by atoms with Gasteiger partial charge in [0.25, 0.3) is 0 Å². The van der Waals surface area contributed by atoms with Gasteiger partial charge in [-0.25, -0.2) is 0 Å². The average molecular weight is 406 g/mol. The van der Waals surface area contributed by atoms with E-state index in [2.05, 4.69) is 61.2 Å². The number of hydrogen-bond acceptors (Lipinski definition) is 1. The summed E-state index contributed by atoms with van der Waals surface area (Å²) in [7, 11) is 0. The number of benzene rings is 2. The topological polar surface area (TPSA) is 3.24 Å². The van der Waals surface area contributed by atoms with Crippen molar-refractivity contribution in [2.24, 2.45) is 0 Å². The molecule has 1 aliphatic rings. The van der Waals surface area contributed by atoms with Crippen molar-refractivity contribution >= 4 is 5.69 Å². The van der Waals surface area contributed by atoms with Gasteiger partial charge in [0, 0.05) is 25.2 Å². The van der Waals surface area contributed by atoms with Gasteiger partial charge in [0.1, 0.15) is 0 Å². The highest BCUT2D eigenvalue weighted by Crippen LogP contribution is 2.41. The second-order valence-electron chi connectivity index (χ2n) is 9.16. The predicted octanol–water partition coefficient (Wildman–Crippen LogP) is 8.79. The molecule has 0 aliphatic heterocycles. The Morgan fingerprint density at radius 2 is 1.17 bits per heavy atom. The summed E-state index contributed by atoms with van der Waals surface area (Å²) in [6.45, 7) is 7.04. The van der Waals surface area contributed by atoms with Crippen molar-refractivity contribution in [2.75, 3.05) is 18.0 Å². The third-order valence-corrected chi connectivity index (χ3v) is 6.73. The maximum atomic E-state index is 2.73. The molecule has 0 spiro atoms. The van der Waals surface area contributed by atoms with Crippen LogP contribution in [-0.4, -0.2) is 13.1 Å². The molecule has 30 heavy (non-hydrogen) atoms. The molecular formula is C29H43N. The van der Waals surface area contributed by atoms with Crippen LogP contribution in [0.1, 0.15) is 102 Å². The first-order chi connectivity index (χ1) is 14.8. The van der Waals surface area contributed by atoms with Crippen molar-refractivity contribution in [1.82, 2.24) is 0 Å². The third kappa shape index (κ3) is 6.37. The lowest BCUT2D eigenvalue weighted by Gasteiger charge is -2.27. The van der Waals surface area contributed by atoms with Crippen LogP contribution in [0.4, 0.5) is 5.69 Å². The van der Waals surface area contributed by atoms with Gasteiger partial charge >= 0.3 is 0 Å². The zero-order valence-corrected chi connectivity index (χ0v) is 19.6. The van der Waals surface area contributed by atoms with Gasteiger partial charge in [0.05, 0.1) is 0 Å². The van der Waals surface area contributed by atoms with Crippen LogP contribution in [-0.2, 0) is 6.42 Å². The van der Waals surface area contributed by atoms with E-state index in [4.69, 9.17) is 0 Å². The lowest BCUT2D eigenvalue weighted by atomic mass is 10.0. The Hall–Kier alpha value is -1.76. The molecular weight excluding hydrogens is 362 g/mol. The van der Waals surface area contributed by atoms with E-state index in [0.29, 0.717) is 0 Å². The molecule has 0 heterocycles.